The average molecular weight is 785 g/mol. The van der Waals surface area contributed by atoms with Crippen LogP contribution >= 0.6 is 23.1 Å². The Morgan fingerprint density at radius 3 is 1.87 bits per heavy atom. The first-order chi connectivity index (χ1) is 25.8. The molecule has 54 heavy (non-hydrogen) atoms. The zero-order chi connectivity index (χ0) is 39.1. The van der Waals surface area contributed by atoms with Gasteiger partial charge in [-0.1, -0.05) is 23.5 Å². The van der Waals surface area contributed by atoms with Crippen molar-refractivity contribution in [2.24, 2.45) is 0 Å². The van der Waals surface area contributed by atoms with Gasteiger partial charge in [-0.3, -0.25) is 0 Å². The minimum absolute atomic E-state index is 0.0727. The summed E-state index contributed by atoms with van der Waals surface area (Å²) in [7, 11) is 4.23. The van der Waals surface area contributed by atoms with Crippen LogP contribution in [0, 0.1) is 11.7 Å². The lowest BCUT2D eigenvalue weighted by molar-refractivity contribution is -0.260. The van der Waals surface area contributed by atoms with Crippen LogP contribution in [0.1, 0.15) is 25.3 Å². The zero-order valence-electron chi connectivity index (χ0n) is 29.4. The van der Waals surface area contributed by atoms with Gasteiger partial charge in [-0.15, -0.1) is 6.42 Å². The van der Waals surface area contributed by atoms with Gasteiger partial charge < -0.3 is 23.7 Å². The van der Waals surface area contributed by atoms with Gasteiger partial charge in [-0.25, -0.2) is 0 Å². The molecule has 5 nitrogen and oxygen atoms in total. The number of allylic oxidation sites excluding steroid dienone is 7. The van der Waals surface area contributed by atoms with Gasteiger partial charge in [0.2, 0.25) is 0 Å². The number of rotatable bonds is 15. The molecule has 4 aromatic rings. The van der Waals surface area contributed by atoms with Crippen LogP contribution in [0.4, 0.5) is 26.3 Å². The number of thiophene rings is 1. The summed E-state index contributed by atoms with van der Waals surface area (Å²) in [6.45, 7) is 1.74. The highest BCUT2D eigenvalue weighted by Crippen LogP contribution is 2.64. The van der Waals surface area contributed by atoms with Gasteiger partial charge in [-0.2, -0.15) is 26.3 Å². The molecule has 1 heterocycles. The lowest BCUT2D eigenvalue weighted by Gasteiger charge is -2.25. The van der Waals surface area contributed by atoms with Crippen LogP contribution in [0.3, 0.4) is 0 Å². The number of hydrogen-bond donors (Lipinski definition) is 0. The normalized spacial score (nSPS) is 16.3. The molecular formula is C41H34F6O5S2. The van der Waals surface area contributed by atoms with Gasteiger partial charge in [0.15, 0.2) is 5.06 Å². The molecule has 0 spiro atoms. The molecule has 5 rings (SSSR count). The molecule has 0 fully saturated rings. The number of benzene rings is 3. The van der Waals surface area contributed by atoms with E-state index >= 15 is 26.3 Å². The first-order valence-corrected chi connectivity index (χ1v) is 17.9. The molecule has 0 amide bonds. The Bertz CT molecular complexity index is 2090. The van der Waals surface area contributed by atoms with Crippen molar-refractivity contribution < 1.29 is 50.0 Å². The number of ether oxygens (including phenoxy) is 5. The molecule has 0 saturated heterocycles. The van der Waals surface area contributed by atoms with Crippen LogP contribution < -0.4 is 23.7 Å². The lowest BCUT2D eigenvalue weighted by atomic mass is 9.98. The third-order valence-electron chi connectivity index (χ3n) is 8.27. The fourth-order valence-electron chi connectivity index (χ4n) is 5.48. The largest absolute Gasteiger partial charge is 0.497 e. The number of hydrogen-bond acceptors (Lipinski definition) is 7. The van der Waals surface area contributed by atoms with E-state index < -0.39 is 40.9 Å². The Kier molecular flexibility index (Phi) is 12.5. The topological polar surface area (TPSA) is 46.2 Å². The summed E-state index contributed by atoms with van der Waals surface area (Å²) in [5.41, 5.74) is -2.98. The second-order valence-electron chi connectivity index (χ2n) is 11.6. The molecular weight excluding hydrogens is 751 g/mol. The summed E-state index contributed by atoms with van der Waals surface area (Å²) < 4.78 is 120. The number of thioether (sulfide) groups is 1. The van der Waals surface area contributed by atoms with Gasteiger partial charge >= 0.3 is 17.8 Å². The van der Waals surface area contributed by atoms with Crippen molar-refractivity contribution in [1.29, 1.82) is 0 Å². The van der Waals surface area contributed by atoms with Crippen LogP contribution in [0.2, 0.25) is 0 Å². The SMILES string of the molecule is C#CS/C(=C\CC1=C(c2cc(-c3ccc(Oc4ccc(OC)cc4)cc3)sc2OC)C(F)(F)C(F)(F)C1(F)F)C/C=C\C(=C/C)Oc1ccc(OC)cc1. The third-order valence-corrected chi connectivity index (χ3v) is 10.1. The maximum Gasteiger partial charge on any atom is 0.380 e. The number of methoxy groups -OCH3 is 3. The first kappa shape index (κ1) is 40.0. The molecule has 0 radical (unpaired) electrons. The fourth-order valence-corrected chi connectivity index (χ4v) is 6.96. The molecule has 1 aromatic heterocycles. The average Bonchev–Trinajstić information content (AvgIpc) is 3.63. The standard InChI is InChI=1S/C41H34F6O5S2/c1-6-27(51-31-19-15-28(48-3)16-20-31)9-8-10-33(53-7-2)23-24-35-37(40(44,45)41(46,47)39(35,42)43)34-25-36(54-38(34)50-5)26-11-13-30(14-12-26)52-32-21-17-29(49-4)18-22-32/h2,6,8-9,11-23,25H,10,24H2,1,3-5H3/b9-8-,27-6+,33-23-. The fraction of sp³-hybridized carbons (Fsp3) is 0.220. The van der Waals surface area contributed by atoms with E-state index in [1.54, 1.807) is 105 Å². The molecule has 0 unspecified atom stereocenters. The molecule has 0 aliphatic heterocycles. The first-order valence-electron chi connectivity index (χ1n) is 16.2. The van der Waals surface area contributed by atoms with Crippen molar-refractivity contribution in [3.05, 3.63) is 125 Å². The van der Waals surface area contributed by atoms with Crippen molar-refractivity contribution >= 4 is 28.7 Å². The maximum atomic E-state index is 15.6. The van der Waals surface area contributed by atoms with Crippen molar-refractivity contribution in [3.8, 4) is 55.9 Å². The molecule has 0 saturated carbocycles. The van der Waals surface area contributed by atoms with Gasteiger partial charge in [-0.05, 0) is 138 Å². The van der Waals surface area contributed by atoms with E-state index in [0.29, 0.717) is 49.9 Å². The molecule has 3 aromatic carbocycles. The van der Waals surface area contributed by atoms with E-state index in [2.05, 4.69) is 5.25 Å². The highest BCUT2D eigenvalue weighted by molar-refractivity contribution is 8.07. The molecule has 1 aliphatic carbocycles. The van der Waals surface area contributed by atoms with Crippen LogP contribution in [0.15, 0.2) is 119 Å². The van der Waals surface area contributed by atoms with Crippen LogP contribution in [-0.2, 0) is 0 Å². The summed E-state index contributed by atoms with van der Waals surface area (Å²) in [5.74, 6) is -12.9. The van der Waals surface area contributed by atoms with E-state index in [1.807, 2.05) is 0 Å². The molecule has 282 valence electrons. The van der Waals surface area contributed by atoms with Gasteiger partial charge in [0.25, 0.3) is 0 Å². The summed E-state index contributed by atoms with van der Waals surface area (Å²) in [4.78, 5) is 0.615. The molecule has 1 aliphatic rings. The number of halogens is 6. The highest BCUT2D eigenvalue weighted by atomic mass is 32.2. The van der Waals surface area contributed by atoms with E-state index in [-0.39, 0.29) is 11.5 Å². The highest BCUT2D eigenvalue weighted by Gasteiger charge is 2.80. The van der Waals surface area contributed by atoms with Gasteiger partial charge in [0.1, 0.15) is 34.5 Å². The van der Waals surface area contributed by atoms with Crippen molar-refractivity contribution in [1.82, 2.24) is 0 Å². The molecule has 0 bridgehead atoms. The van der Waals surface area contributed by atoms with Crippen LogP contribution in [0.25, 0.3) is 16.0 Å². The van der Waals surface area contributed by atoms with Crippen LogP contribution in [0.5, 0.6) is 33.8 Å². The predicted molar refractivity (Wildman–Crippen MR) is 201 cm³/mol. The Morgan fingerprint density at radius 1 is 0.778 bits per heavy atom. The Morgan fingerprint density at radius 2 is 1.33 bits per heavy atom. The molecule has 0 atom stereocenters. The predicted octanol–water partition coefficient (Wildman–Crippen LogP) is 12.4. The Hall–Kier alpha value is -5.19. The minimum atomic E-state index is -5.72. The Labute approximate surface area is 317 Å². The molecule has 0 N–H and O–H groups in total. The van der Waals surface area contributed by atoms with Gasteiger partial charge in [0.05, 0.1) is 21.3 Å². The number of terminal acetylenes is 1. The summed E-state index contributed by atoms with van der Waals surface area (Å²) in [5, 5.41) is 2.10. The van der Waals surface area contributed by atoms with E-state index in [1.165, 1.54) is 7.11 Å². The van der Waals surface area contributed by atoms with Crippen molar-refractivity contribution in [2.75, 3.05) is 21.3 Å². The second-order valence-corrected chi connectivity index (χ2v) is 13.5. The van der Waals surface area contributed by atoms with Crippen LogP contribution in [-0.4, -0.2) is 39.1 Å². The summed E-state index contributed by atoms with van der Waals surface area (Å²) in [6.07, 6.45) is 10.7. The third kappa shape index (κ3) is 8.30. The maximum absolute atomic E-state index is 15.6. The zero-order valence-corrected chi connectivity index (χ0v) is 31.1. The number of alkyl halides is 6. The van der Waals surface area contributed by atoms with Crippen molar-refractivity contribution in [2.45, 2.75) is 37.5 Å². The van der Waals surface area contributed by atoms with E-state index in [4.69, 9.17) is 30.1 Å². The molecule has 13 heteroatoms. The van der Waals surface area contributed by atoms with Crippen molar-refractivity contribution in [3.63, 3.8) is 0 Å². The van der Waals surface area contributed by atoms with Gasteiger partial charge in [0, 0.05) is 21.6 Å². The minimum Gasteiger partial charge on any atom is -0.497 e. The Balaban J connectivity index is 1.43. The quantitative estimate of drug-likeness (QED) is 0.0518. The monoisotopic (exact) mass is 784 g/mol. The summed E-state index contributed by atoms with van der Waals surface area (Å²) in [6, 6.07) is 21.4. The summed E-state index contributed by atoms with van der Waals surface area (Å²) >= 11 is 1.67. The van der Waals surface area contributed by atoms with E-state index in [0.717, 1.165) is 42.4 Å². The second kappa shape index (κ2) is 16.9. The lowest BCUT2D eigenvalue weighted by Crippen LogP contribution is -2.49. The smallest absolute Gasteiger partial charge is 0.380 e. The van der Waals surface area contributed by atoms with E-state index in [9.17, 15) is 0 Å².